The van der Waals surface area contributed by atoms with Crippen LogP contribution in [-0.4, -0.2) is 16.6 Å². The van der Waals surface area contributed by atoms with Crippen molar-refractivity contribution >= 4 is 39.3 Å². The molecule has 0 bridgehead atoms. The van der Waals surface area contributed by atoms with Crippen LogP contribution in [0.5, 0.6) is 0 Å². The van der Waals surface area contributed by atoms with Crippen molar-refractivity contribution in [1.29, 1.82) is 0 Å². The molecule has 0 aliphatic heterocycles. The minimum absolute atomic E-state index is 0.0275. The standard InChI is InChI=1S/C14H13BrN2OS/c1-10-3-2-4-12(7-10)17-13(18)9-19-14-6-5-11(15)8-16-14/h2-8H,9H2,1H3,(H,17,18). The molecule has 1 amide bonds. The molecule has 0 spiro atoms. The quantitative estimate of drug-likeness (QED) is 0.861. The van der Waals surface area contributed by atoms with Crippen molar-refractivity contribution in [2.75, 3.05) is 11.1 Å². The summed E-state index contributed by atoms with van der Waals surface area (Å²) in [5.74, 6) is 0.322. The Morgan fingerprint density at radius 1 is 1.37 bits per heavy atom. The summed E-state index contributed by atoms with van der Waals surface area (Å²) in [5, 5.41) is 3.70. The van der Waals surface area contributed by atoms with Crippen LogP contribution in [0.15, 0.2) is 52.1 Å². The van der Waals surface area contributed by atoms with Gasteiger partial charge in [-0.1, -0.05) is 23.9 Å². The third-order valence-electron chi connectivity index (χ3n) is 2.35. The number of pyridine rings is 1. The van der Waals surface area contributed by atoms with Crippen LogP contribution in [0.1, 0.15) is 5.56 Å². The average molecular weight is 337 g/mol. The summed E-state index contributed by atoms with van der Waals surface area (Å²) in [6, 6.07) is 11.5. The third-order valence-corrected chi connectivity index (χ3v) is 3.77. The number of carbonyl (C=O) groups is 1. The first kappa shape index (κ1) is 14.1. The van der Waals surface area contributed by atoms with Crippen LogP contribution in [0.2, 0.25) is 0 Å². The lowest BCUT2D eigenvalue weighted by Gasteiger charge is -2.05. The smallest absolute Gasteiger partial charge is 0.234 e. The third kappa shape index (κ3) is 4.69. The van der Waals surface area contributed by atoms with Gasteiger partial charge in [-0.05, 0) is 52.7 Å². The first-order valence-electron chi connectivity index (χ1n) is 5.74. The van der Waals surface area contributed by atoms with Gasteiger partial charge in [0.15, 0.2) is 0 Å². The van der Waals surface area contributed by atoms with Crippen molar-refractivity contribution in [2.24, 2.45) is 0 Å². The second-order valence-electron chi connectivity index (χ2n) is 4.02. The van der Waals surface area contributed by atoms with E-state index in [2.05, 4.69) is 26.2 Å². The van der Waals surface area contributed by atoms with Gasteiger partial charge < -0.3 is 5.32 Å². The molecule has 2 rings (SSSR count). The molecule has 0 saturated carbocycles. The maximum atomic E-state index is 11.8. The second kappa shape index (κ2) is 6.73. The van der Waals surface area contributed by atoms with Crippen LogP contribution in [0, 0.1) is 6.92 Å². The molecule has 0 saturated heterocycles. The van der Waals surface area contributed by atoms with E-state index in [0.29, 0.717) is 5.75 Å². The van der Waals surface area contributed by atoms with Gasteiger partial charge in [0, 0.05) is 16.4 Å². The molecule has 3 nitrogen and oxygen atoms in total. The number of rotatable bonds is 4. The number of aromatic nitrogens is 1. The minimum Gasteiger partial charge on any atom is -0.325 e. The minimum atomic E-state index is -0.0275. The van der Waals surface area contributed by atoms with Gasteiger partial charge in [-0.25, -0.2) is 4.98 Å². The van der Waals surface area contributed by atoms with Gasteiger partial charge in [0.1, 0.15) is 0 Å². The van der Waals surface area contributed by atoms with Crippen molar-refractivity contribution in [1.82, 2.24) is 4.98 Å². The number of hydrogen-bond acceptors (Lipinski definition) is 3. The first-order valence-corrected chi connectivity index (χ1v) is 7.52. The highest BCUT2D eigenvalue weighted by Gasteiger charge is 2.04. The molecule has 5 heteroatoms. The number of thioether (sulfide) groups is 1. The molecule has 19 heavy (non-hydrogen) atoms. The number of hydrogen-bond donors (Lipinski definition) is 1. The summed E-state index contributed by atoms with van der Waals surface area (Å²) in [4.78, 5) is 16.0. The molecular formula is C14H13BrN2OS. The lowest BCUT2D eigenvalue weighted by atomic mass is 10.2. The van der Waals surface area contributed by atoms with Crippen LogP contribution in [-0.2, 0) is 4.79 Å². The molecule has 0 unspecified atom stereocenters. The van der Waals surface area contributed by atoms with Crippen molar-refractivity contribution in [3.05, 3.63) is 52.6 Å². The Labute approximate surface area is 125 Å². The van der Waals surface area contributed by atoms with E-state index >= 15 is 0 Å². The Hall–Kier alpha value is -1.33. The second-order valence-corrected chi connectivity index (χ2v) is 5.93. The zero-order valence-electron chi connectivity index (χ0n) is 10.4. The van der Waals surface area contributed by atoms with Gasteiger partial charge in [0.2, 0.25) is 5.91 Å². The highest BCUT2D eigenvalue weighted by atomic mass is 79.9. The maximum Gasteiger partial charge on any atom is 0.234 e. The number of amides is 1. The van der Waals surface area contributed by atoms with E-state index in [1.165, 1.54) is 11.8 Å². The van der Waals surface area contributed by atoms with Gasteiger partial charge in [0.05, 0.1) is 10.8 Å². The summed E-state index contributed by atoms with van der Waals surface area (Å²) in [6.45, 7) is 2.00. The number of benzene rings is 1. The predicted octanol–water partition coefficient (Wildman–Crippen LogP) is 3.88. The van der Waals surface area contributed by atoms with E-state index in [4.69, 9.17) is 0 Å². The molecule has 0 aliphatic carbocycles. The summed E-state index contributed by atoms with van der Waals surface area (Å²) < 4.78 is 0.932. The van der Waals surface area contributed by atoms with Gasteiger partial charge in [-0.15, -0.1) is 0 Å². The molecule has 98 valence electrons. The Morgan fingerprint density at radius 3 is 2.89 bits per heavy atom. The highest BCUT2D eigenvalue weighted by Crippen LogP contribution is 2.18. The lowest BCUT2D eigenvalue weighted by Crippen LogP contribution is -2.14. The zero-order chi connectivity index (χ0) is 13.7. The van der Waals surface area contributed by atoms with E-state index in [9.17, 15) is 4.79 Å². The molecule has 0 aliphatic rings. The summed E-state index contributed by atoms with van der Waals surface area (Å²) in [7, 11) is 0. The molecule has 2 aromatic rings. The van der Waals surface area contributed by atoms with Crippen molar-refractivity contribution in [2.45, 2.75) is 11.9 Å². The number of nitrogens with one attached hydrogen (secondary N) is 1. The fourth-order valence-electron chi connectivity index (χ4n) is 1.51. The maximum absolute atomic E-state index is 11.8. The Kier molecular flexibility index (Phi) is 4.99. The van der Waals surface area contributed by atoms with E-state index in [0.717, 1.165) is 20.7 Å². The van der Waals surface area contributed by atoms with E-state index in [1.54, 1.807) is 6.20 Å². The van der Waals surface area contributed by atoms with Crippen LogP contribution in [0.25, 0.3) is 0 Å². The topological polar surface area (TPSA) is 42.0 Å². The van der Waals surface area contributed by atoms with Crippen LogP contribution in [0.3, 0.4) is 0 Å². The first-order chi connectivity index (χ1) is 9.13. The normalized spacial score (nSPS) is 10.2. The summed E-state index contributed by atoms with van der Waals surface area (Å²) >= 11 is 4.74. The van der Waals surface area contributed by atoms with Gasteiger partial charge in [-0.2, -0.15) is 0 Å². The SMILES string of the molecule is Cc1cccc(NC(=O)CSc2ccc(Br)cn2)c1. The van der Waals surface area contributed by atoms with Gasteiger partial charge in [-0.3, -0.25) is 4.79 Å². The average Bonchev–Trinajstić information content (AvgIpc) is 2.38. The molecular weight excluding hydrogens is 324 g/mol. The Balaban J connectivity index is 1.86. The van der Waals surface area contributed by atoms with Crippen molar-refractivity contribution in [3.8, 4) is 0 Å². The van der Waals surface area contributed by atoms with Crippen molar-refractivity contribution in [3.63, 3.8) is 0 Å². The molecule has 0 radical (unpaired) electrons. The van der Waals surface area contributed by atoms with Crippen LogP contribution in [0.4, 0.5) is 5.69 Å². The molecule has 0 atom stereocenters. The Bertz CT molecular complexity index is 572. The summed E-state index contributed by atoms with van der Waals surface area (Å²) in [6.07, 6.45) is 1.72. The number of anilines is 1. The fraction of sp³-hybridized carbons (Fsp3) is 0.143. The van der Waals surface area contributed by atoms with Crippen molar-refractivity contribution < 1.29 is 4.79 Å². The zero-order valence-corrected chi connectivity index (χ0v) is 12.8. The summed E-state index contributed by atoms with van der Waals surface area (Å²) in [5.41, 5.74) is 1.95. The molecule has 1 heterocycles. The van der Waals surface area contributed by atoms with Crippen LogP contribution >= 0.6 is 27.7 Å². The van der Waals surface area contributed by atoms with E-state index in [-0.39, 0.29) is 5.91 Å². The molecule has 0 fully saturated rings. The monoisotopic (exact) mass is 336 g/mol. The molecule has 1 N–H and O–H groups in total. The predicted molar refractivity (Wildman–Crippen MR) is 82.5 cm³/mol. The number of carbonyl (C=O) groups excluding carboxylic acids is 1. The number of aryl methyl sites for hydroxylation is 1. The van der Waals surface area contributed by atoms with Crippen LogP contribution < -0.4 is 5.32 Å². The molecule has 1 aromatic heterocycles. The number of nitrogens with zero attached hydrogens (tertiary/aromatic N) is 1. The van der Waals surface area contributed by atoms with E-state index in [1.807, 2.05) is 43.3 Å². The number of halogens is 1. The largest absolute Gasteiger partial charge is 0.325 e. The Morgan fingerprint density at radius 2 is 2.21 bits per heavy atom. The lowest BCUT2D eigenvalue weighted by molar-refractivity contribution is -0.113. The van der Waals surface area contributed by atoms with Gasteiger partial charge >= 0.3 is 0 Å². The van der Waals surface area contributed by atoms with Gasteiger partial charge in [0.25, 0.3) is 0 Å². The molecule has 1 aromatic carbocycles. The fourth-order valence-corrected chi connectivity index (χ4v) is 2.38. The highest BCUT2D eigenvalue weighted by molar-refractivity contribution is 9.10. The van der Waals surface area contributed by atoms with E-state index < -0.39 is 0 Å².